The fourth-order valence-electron chi connectivity index (χ4n) is 3.35. The summed E-state index contributed by atoms with van der Waals surface area (Å²) in [6, 6.07) is 3.84. The number of likely N-dealkylation sites (tertiary alicyclic amines) is 1. The van der Waals surface area contributed by atoms with Gasteiger partial charge in [0.15, 0.2) is 0 Å². The Balaban J connectivity index is 1.85. The molecular formula is C17H22FN3O3. The monoisotopic (exact) mass is 335 g/mol. The number of nitrogens with zero attached hydrogens (tertiary/aromatic N) is 1. The normalized spacial score (nSPS) is 23.4. The van der Waals surface area contributed by atoms with Crippen LogP contribution in [0.25, 0.3) is 0 Å². The van der Waals surface area contributed by atoms with E-state index in [0.29, 0.717) is 25.4 Å². The van der Waals surface area contributed by atoms with Gasteiger partial charge in [0.25, 0.3) is 5.91 Å². The summed E-state index contributed by atoms with van der Waals surface area (Å²) in [7, 11) is 0. The number of nitrogens with one attached hydrogen (secondary N) is 1. The molecule has 2 aliphatic rings. The van der Waals surface area contributed by atoms with E-state index in [9.17, 15) is 14.0 Å². The first kappa shape index (κ1) is 16.7. The van der Waals surface area contributed by atoms with Crippen LogP contribution in [0.15, 0.2) is 18.2 Å². The number of amides is 2. The third-order valence-corrected chi connectivity index (χ3v) is 4.54. The third kappa shape index (κ3) is 3.51. The molecule has 2 fully saturated rings. The molecule has 2 saturated heterocycles. The highest BCUT2D eigenvalue weighted by atomic mass is 19.1. The zero-order chi connectivity index (χ0) is 17.1. The lowest BCUT2D eigenvalue weighted by atomic mass is 9.98. The number of ether oxygens (including phenoxy) is 1. The van der Waals surface area contributed by atoms with Crippen molar-refractivity contribution in [2.45, 2.75) is 25.3 Å². The second kappa shape index (κ2) is 7.17. The van der Waals surface area contributed by atoms with Crippen LogP contribution in [-0.4, -0.2) is 49.0 Å². The Morgan fingerprint density at radius 3 is 3.00 bits per heavy atom. The molecule has 0 aliphatic carbocycles. The molecule has 0 spiro atoms. The Hall–Kier alpha value is -2.15. The van der Waals surface area contributed by atoms with Gasteiger partial charge < -0.3 is 20.7 Å². The topological polar surface area (TPSA) is 84.7 Å². The molecule has 1 aromatic rings. The Labute approximate surface area is 140 Å². The van der Waals surface area contributed by atoms with E-state index in [-0.39, 0.29) is 35.9 Å². The molecule has 6 nitrogen and oxygen atoms in total. The van der Waals surface area contributed by atoms with E-state index in [2.05, 4.69) is 5.32 Å². The van der Waals surface area contributed by atoms with Gasteiger partial charge in [-0.1, -0.05) is 6.42 Å². The molecular weight excluding hydrogens is 313 g/mol. The van der Waals surface area contributed by atoms with Crippen molar-refractivity contribution in [3.8, 4) is 5.75 Å². The number of nitrogens with two attached hydrogens (primary N) is 1. The fourth-order valence-corrected chi connectivity index (χ4v) is 3.35. The van der Waals surface area contributed by atoms with E-state index in [1.807, 2.05) is 0 Å². The van der Waals surface area contributed by atoms with Crippen LogP contribution >= 0.6 is 0 Å². The van der Waals surface area contributed by atoms with Gasteiger partial charge in [0, 0.05) is 25.7 Å². The number of carbonyl (C=O) groups excluding carboxylic acids is 2. The van der Waals surface area contributed by atoms with E-state index >= 15 is 0 Å². The second-order valence-corrected chi connectivity index (χ2v) is 6.32. The summed E-state index contributed by atoms with van der Waals surface area (Å²) >= 11 is 0. The fraction of sp³-hybridized carbons (Fsp3) is 0.529. The minimum Gasteiger partial charge on any atom is -0.491 e. The maximum Gasteiger partial charge on any atom is 0.257 e. The van der Waals surface area contributed by atoms with Gasteiger partial charge in [-0.05, 0) is 31.0 Å². The van der Waals surface area contributed by atoms with Crippen molar-refractivity contribution in [1.82, 2.24) is 10.2 Å². The standard InChI is InChI=1S/C17H22FN3O3/c18-12-4-5-15(24-7-6-19)14(8-12)17(23)21-9-11-2-1-3-13(10-21)20-16(11)22/h4-5,8,11,13H,1-3,6-7,9-10,19H2,(H,20,22)/t11-,13+/m1/s1. The molecule has 2 bridgehead atoms. The van der Waals surface area contributed by atoms with Gasteiger partial charge in [0.05, 0.1) is 11.5 Å². The number of benzene rings is 1. The van der Waals surface area contributed by atoms with Gasteiger partial charge in [0.1, 0.15) is 18.2 Å². The highest BCUT2D eigenvalue weighted by molar-refractivity contribution is 5.97. The summed E-state index contributed by atoms with van der Waals surface area (Å²) in [6.45, 7) is 1.34. The third-order valence-electron chi connectivity index (χ3n) is 4.54. The Bertz CT molecular complexity index is 638. The van der Waals surface area contributed by atoms with Crippen LogP contribution in [0.1, 0.15) is 29.6 Å². The van der Waals surface area contributed by atoms with E-state index < -0.39 is 5.82 Å². The van der Waals surface area contributed by atoms with Gasteiger partial charge in [-0.15, -0.1) is 0 Å². The molecule has 2 heterocycles. The molecule has 1 aromatic carbocycles. The van der Waals surface area contributed by atoms with Crippen LogP contribution in [0.5, 0.6) is 5.75 Å². The van der Waals surface area contributed by atoms with Crippen molar-refractivity contribution in [1.29, 1.82) is 0 Å². The minimum absolute atomic E-state index is 0.00616. The molecule has 3 rings (SSSR count). The molecule has 0 saturated carbocycles. The smallest absolute Gasteiger partial charge is 0.257 e. The summed E-state index contributed by atoms with van der Waals surface area (Å²) < 4.78 is 19.1. The highest BCUT2D eigenvalue weighted by Gasteiger charge is 2.35. The van der Waals surface area contributed by atoms with Gasteiger partial charge in [-0.2, -0.15) is 0 Å². The highest BCUT2D eigenvalue weighted by Crippen LogP contribution is 2.26. The van der Waals surface area contributed by atoms with E-state index in [0.717, 1.165) is 19.3 Å². The van der Waals surface area contributed by atoms with Gasteiger partial charge in [-0.3, -0.25) is 9.59 Å². The molecule has 2 atom stereocenters. The average molecular weight is 335 g/mol. The second-order valence-electron chi connectivity index (χ2n) is 6.32. The first-order valence-corrected chi connectivity index (χ1v) is 8.30. The number of hydrogen-bond acceptors (Lipinski definition) is 4. The van der Waals surface area contributed by atoms with Crippen molar-refractivity contribution in [3.63, 3.8) is 0 Å². The van der Waals surface area contributed by atoms with Crippen LogP contribution < -0.4 is 15.8 Å². The zero-order valence-electron chi connectivity index (χ0n) is 13.5. The molecule has 2 aliphatic heterocycles. The molecule has 0 unspecified atom stereocenters. The molecule has 2 amide bonds. The van der Waals surface area contributed by atoms with Gasteiger partial charge in [-0.25, -0.2) is 4.39 Å². The largest absolute Gasteiger partial charge is 0.491 e. The van der Waals surface area contributed by atoms with Crippen molar-refractivity contribution >= 4 is 11.8 Å². The maximum atomic E-state index is 13.7. The lowest BCUT2D eigenvalue weighted by Crippen LogP contribution is -2.41. The van der Waals surface area contributed by atoms with E-state index in [1.54, 1.807) is 4.90 Å². The maximum absolute atomic E-state index is 13.7. The lowest BCUT2D eigenvalue weighted by molar-refractivity contribution is -0.124. The minimum atomic E-state index is -0.498. The van der Waals surface area contributed by atoms with Crippen LogP contribution in [0.2, 0.25) is 0 Å². The molecule has 24 heavy (non-hydrogen) atoms. The average Bonchev–Trinajstić information content (AvgIpc) is 2.81. The molecule has 3 N–H and O–H groups in total. The van der Waals surface area contributed by atoms with Crippen LogP contribution in [0.3, 0.4) is 0 Å². The van der Waals surface area contributed by atoms with Crippen molar-refractivity contribution in [3.05, 3.63) is 29.6 Å². The molecule has 0 aromatic heterocycles. The number of hydrogen-bond donors (Lipinski definition) is 2. The van der Waals surface area contributed by atoms with Crippen LogP contribution in [0.4, 0.5) is 4.39 Å². The predicted octanol–water partition coefficient (Wildman–Crippen LogP) is 0.904. The predicted molar refractivity (Wildman–Crippen MR) is 86.1 cm³/mol. The van der Waals surface area contributed by atoms with Crippen LogP contribution in [-0.2, 0) is 4.79 Å². The molecule has 7 heteroatoms. The lowest BCUT2D eigenvalue weighted by Gasteiger charge is -2.28. The number of fused-ring (bicyclic) bond motifs is 3. The number of halogens is 1. The van der Waals surface area contributed by atoms with Gasteiger partial charge in [0.2, 0.25) is 5.91 Å². The van der Waals surface area contributed by atoms with E-state index in [1.165, 1.54) is 18.2 Å². The Morgan fingerprint density at radius 2 is 2.21 bits per heavy atom. The summed E-state index contributed by atoms with van der Waals surface area (Å²) in [4.78, 5) is 26.7. The summed E-state index contributed by atoms with van der Waals surface area (Å²) in [6.07, 6.45) is 2.60. The van der Waals surface area contributed by atoms with Crippen molar-refractivity contribution in [2.75, 3.05) is 26.2 Å². The van der Waals surface area contributed by atoms with E-state index in [4.69, 9.17) is 10.5 Å². The summed E-state index contributed by atoms with van der Waals surface area (Å²) in [5.41, 5.74) is 5.61. The molecule has 130 valence electrons. The SMILES string of the molecule is NCCOc1ccc(F)cc1C(=O)N1C[C@@H]2CCC[C@H](C1)C(=O)N2. The Morgan fingerprint density at radius 1 is 1.38 bits per heavy atom. The quantitative estimate of drug-likeness (QED) is 0.856. The summed E-state index contributed by atoms with van der Waals surface area (Å²) in [5, 5.41) is 2.98. The Kier molecular flexibility index (Phi) is 4.99. The number of rotatable bonds is 4. The molecule has 0 radical (unpaired) electrons. The number of carbonyl (C=O) groups is 2. The first-order valence-electron chi connectivity index (χ1n) is 8.30. The van der Waals surface area contributed by atoms with Crippen LogP contribution in [0, 0.1) is 11.7 Å². The van der Waals surface area contributed by atoms with Crippen molar-refractivity contribution < 1.29 is 18.7 Å². The first-order chi connectivity index (χ1) is 11.6. The summed E-state index contributed by atoms with van der Waals surface area (Å²) in [5.74, 6) is -0.687. The zero-order valence-corrected chi connectivity index (χ0v) is 13.5. The van der Waals surface area contributed by atoms with Crippen molar-refractivity contribution in [2.24, 2.45) is 11.7 Å². The van der Waals surface area contributed by atoms with Gasteiger partial charge >= 0.3 is 0 Å².